The predicted molar refractivity (Wildman–Crippen MR) is 158 cm³/mol. The molecule has 220 valence electrons. The fraction of sp³-hybridized carbons (Fsp3) is 0.939. The van der Waals surface area contributed by atoms with Gasteiger partial charge in [-0.1, -0.05) is 131 Å². The molecule has 37 heavy (non-hydrogen) atoms. The zero-order chi connectivity index (χ0) is 27.6. The number of hydrogen-bond acceptors (Lipinski definition) is 4. The average Bonchev–Trinajstić information content (AvgIpc) is 2.85. The smallest absolute Gasteiger partial charge is 0.308 e. The topological polar surface area (TPSA) is 52.6 Å². The lowest BCUT2D eigenvalue weighted by atomic mass is 9.97. The lowest BCUT2D eigenvalue weighted by Crippen LogP contribution is -2.17. The highest BCUT2D eigenvalue weighted by molar-refractivity contribution is 5.72. The quantitative estimate of drug-likeness (QED) is 0.0792. The minimum absolute atomic E-state index is 0.0143. The molecule has 0 aromatic heterocycles. The number of carbonyl (C=O) groups excluding carboxylic acids is 2. The van der Waals surface area contributed by atoms with Crippen LogP contribution in [-0.4, -0.2) is 25.2 Å². The Morgan fingerprint density at radius 1 is 0.514 bits per heavy atom. The van der Waals surface area contributed by atoms with E-state index in [9.17, 15) is 9.59 Å². The average molecular weight is 525 g/mol. The Morgan fingerprint density at radius 3 is 1.41 bits per heavy atom. The van der Waals surface area contributed by atoms with Gasteiger partial charge in [-0.15, -0.1) is 0 Å². The van der Waals surface area contributed by atoms with Gasteiger partial charge in [0.05, 0.1) is 19.1 Å². The first-order valence-electron chi connectivity index (χ1n) is 16.2. The van der Waals surface area contributed by atoms with Crippen LogP contribution >= 0.6 is 0 Å². The van der Waals surface area contributed by atoms with Crippen molar-refractivity contribution >= 4 is 11.9 Å². The molecule has 0 fully saturated rings. The van der Waals surface area contributed by atoms with Crippen molar-refractivity contribution in [3.8, 4) is 0 Å². The van der Waals surface area contributed by atoms with Crippen molar-refractivity contribution in [1.82, 2.24) is 0 Å². The fourth-order valence-corrected chi connectivity index (χ4v) is 4.77. The van der Waals surface area contributed by atoms with Gasteiger partial charge in [0.1, 0.15) is 0 Å². The van der Waals surface area contributed by atoms with Crippen LogP contribution in [0.4, 0.5) is 0 Å². The zero-order valence-electron chi connectivity index (χ0n) is 25.6. The molecule has 0 aliphatic heterocycles. The maximum atomic E-state index is 12.3. The summed E-state index contributed by atoms with van der Waals surface area (Å²) in [5.41, 5.74) is 0. The maximum Gasteiger partial charge on any atom is 0.308 e. The first-order chi connectivity index (χ1) is 17.9. The normalized spacial score (nSPS) is 12.3. The molecule has 0 radical (unpaired) electrons. The van der Waals surface area contributed by atoms with Crippen molar-refractivity contribution in [1.29, 1.82) is 0 Å². The van der Waals surface area contributed by atoms with Gasteiger partial charge in [-0.2, -0.15) is 0 Å². The van der Waals surface area contributed by atoms with Crippen LogP contribution < -0.4 is 0 Å². The van der Waals surface area contributed by atoms with E-state index in [1.165, 1.54) is 70.6 Å². The predicted octanol–water partition coefficient (Wildman–Crippen LogP) is 10.2. The lowest BCUT2D eigenvalue weighted by molar-refractivity contribution is -0.149. The van der Waals surface area contributed by atoms with E-state index in [1.807, 2.05) is 0 Å². The van der Waals surface area contributed by atoms with Gasteiger partial charge in [-0.3, -0.25) is 9.59 Å². The molecular formula is C33H64O4. The molecule has 0 saturated heterocycles. The highest BCUT2D eigenvalue weighted by atomic mass is 16.5. The summed E-state index contributed by atoms with van der Waals surface area (Å²) in [6.45, 7) is 12.3. The van der Waals surface area contributed by atoms with Crippen LogP contribution in [0, 0.1) is 17.8 Å². The Labute approximate surface area is 231 Å². The minimum atomic E-state index is -0.0143. The number of rotatable bonds is 27. The number of unbranched alkanes of at least 4 members (excludes halogenated alkanes) is 13. The molecule has 4 nitrogen and oxygen atoms in total. The largest absolute Gasteiger partial charge is 0.466 e. The lowest BCUT2D eigenvalue weighted by Gasteiger charge is -2.14. The highest BCUT2D eigenvalue weighted by Crippen LogP contribution is 2.18. The number of carbonyl (C=O) groups is 2. The third kappa shape index (κ3) is 26.3. The standard InChI is InChI=1S/C33H64O4/c1-6-31(33(35)37-28-22-16-18-24-30(4)5)25-19-13-11-9-7-8-10-12-14-20-26-32(34)36-27-21-15-17-23-29(2)3/h29-31H,6-28H2,1-5H3. The van der Waals surface area contributed by atoms with Crippen LogP contribution in [0.5, 0.6) is 0 Å². The summed E-state index contributed by atoms with van der Waals surface area (Å²) < 4.78 is 10.9. The van der Waals surface area contributed by atoms with Crippen molar-refractivity contribution in [2.45, 2.75) is 169 Å². The second-order valence-electron chi connectivity index (χ2n) is 12.1. The van der Waals surface area contributed by atoms with Gasteiger partial charge in [0.2, 0.25) is 0 Å². The summed E-state index contributed by atoms with van der Waals surface area (Å²) in [5.74, 6) is 1.63. The molecule has 0 aliphatic carbocycles. The van der Waals surface area contributed by atoms with Crippen LogP contribution in [0.3, 0.4) is 0 Å². The third-order valence-electron chi connectivity index (χ3n) is 7.37. The van der Waals surface area contributed by atoms with Gasteiger partial charge in [0, 0.05) is 6.42 Å². The van der Waals surface area contributed by atoms with E-state index in [0.717, 1.165) is 69.6 Å². The van der Waals surface area contributed by atoms with Gasteiger partial charge in [-0.05, 0) is 43.9 Å². The number of hydrogen-bond donors (Lipinski definition) is 0. The van der Waals surface area contributed by atoms with E-state index in [2.05, 4.69) is 34.6 Å². The highest BCUT2D eigenvalue weighted by Gasteiger charge is 2.17. The number of esters is 2. The van der Waals surface area contributed by atoms with E-state index < -0.39 is 0 Å². The second-order valence-corrected chi connectivity index (χ2v) is 12.1. The summed E-state index contributed by atoms with van der Waals surface area (Å²) in [7, 11) is 0. The summed E-state index contributed by atoms with van der Waals surface area (Å²) >= 11 is 0. The summed E-state index contributed by atoms with van der Waals surface area (Å²) in [5, 5.41) is 0. The molecule has 0 bridgehead atoms. The first-order valence-corrected chi connectivity index (χ1v) is 16.2. The molecular weight excluding hydrogens is 460 g/mol. The summed E-state index contributed by atoms with van der Waals surface area (Å²) in [4.78, 5) is 24.1. The molecule has 0 rings (SSSR count). The summed E-state index contributed by atoms with van der Waals surface area (Å²) in [6.07, 6.45) is 23.9. The molecule has 0 saturated carbocycles. The van der Waals surface area contributed by atoms with Crippen molar-refractivity contribution in [3.63, 3.8) is 0 Å². The van der Waals surface area contributed by atoms with E-state index in [0.29, 0.717) is 19.6 Å². The SMILES string of the molecule is CCC(CCCCCCCCCCCCC(=O)OCCCCCC(C)C)C(=O)OCCCCCC(C)C. The summed E-state index contributed by atoms with van der Waals surface area (Å²) in [6, 6.07) is 0. The zero-order valence-corrected chi connectivity index (χ0v) is 25.6. The minimum Gasteiger partial charge on any atom is -0.466 e. The molecule has 0 amide bonds. The molecule has 0 N–H and O–H groups in total. The van der Waals surface area contributed by atoms with Gasteiger partial charge < -0.3 is 9.47 Å². The molecule has 1 atom stereocenters. The Hall–Kier alpha value is -1.06. The van der Waals surface area contributed by atoms with Crippen molar-refractivity contribution in [2.75, 3.05) is 13.2 Å². The van der Waals surface area contributed by atoms with Gasteiger partial charge >= 0.3 is 11.9 Å². The van der Waals surface area contributed by atoms with Gasteiger partial charge in [-0.25, -0.2) is 0 Å². The molecule has 0 spiro atoms. The second kappa shape index (κ2) is 26.5. The Balaban J connectivity index is 3.45. The molecule has 0 heterocycles. The maximum absolute atomic E-state index is 12.3. The fourth-order valence-electron chi connectivity index (χ4n) is 4.77. The molecule has 4 heteroatoms. The monoisotopic (exact) mass is 524 g/mol. The van der Waals surface area contributed by atoms with Crippen molar-refractivity contribution in [3.05, 3.63) is 0 Å². The van der Waals surface area contributed by atoms with E-state index in [1.54, 1.807) is 0 Å². The van der Waals surface area contributed by atoms with E-state index >= 15 is 0 Å². The first kappa shape index (κ1) is 35.9. The van der Waals surface area contributed by atoms with Crippen molar-refractivity contribution < 1.29 is 19.1 Å². The van der Waals surface area contributed by atoms with Crippen molar-refractivity contribution in [2.24, 2.45) is 17.8 Å². The molecule has 0 aliphatic rings. The molecule has 0 aromatic rings. The van der Waals surface area contributed by atoms with E-state index in [-0.39, 0.29) is 17.9 Å². The number of ether oxygens (including phenoxy) is 2. The van der Waals surface area contributed by atoms with Gasteiger partial charge in [0.25, 0.3) is 0 Å². The Kier molecular flexibility index (Phi) is 25.8. The van der Waals surface area contributed by atoms with Gasteiger partial charge in [0.15, 0.2) is 0 Å². The van der Waals surface area contributed by atoms with Crippen LogP contribution in [-0.2, 0) is 19.1 Å². The van der Waals surface area contributed by atoms with Crippen LogP contribution in [0.15, 0.2) is 0 Å². The molecule has 0 aromatic carbocycles. The third-order valence-corrected chi connectivity index (χ3v) is 7.37. The van der Waals surface area contributed by atoms with Crippen LogP contribution in [0.2, 0.25) is 0 Å². The Morgan fingerprint density at radius 2 is 0.919 bits per heavy atom. The van der Waals surface area contributed by atoms with E-state index in [4.69, 9.17) is 9.47 Å². The molecule has 1 unspecified atom stereocenters. The van der Waals surface area contributed by atoms with Crippen LogP contribution in [0.1, 0.15) is 169 Å². The van der Waals surface area contributed by atoms with Crippen LogP contribution in [0.25, 0.3) is 0 Å². The Bertz CT molecular complexity index is 514.